The number of sulfonamides is 1. The summed E-state index contributed by atoms with van der Waals surface area (Å²) in [4.78, 5) is 25.1. The summed E-state index contributed by atoms with van der Waals surface area (Å²) in [6.45, 7) is 1.33. The fraction of sp³-hybridized carbons (Fsp3) is 0.156. The summed E-state index contributed by atoms with van der Waals surface area (Å²) in [7, 11) is -2.49. The first-order valence-electron chi connectivity index (χ1n) is 13.4. The molecule has 2 amide bonds. The van der Waals surface area contributed by atoms with Crippen molar-refractivity contribution in [3.05, 3.63) is 114 Å². The summed E-state index contributed by atoms with van der Waals surface area (Å²) in [5, 5.41) is 6.71. The number of carbonyl (C=O) groups excluding carboxylic acids is 2. The fourth-order valence-corrected chi connectivity index (χ4v) is 5.45. The van der Waals surface area contributed by atoms with E-state index < -0.39 is 22.5 Å². The number of hydrogen-bond acceptors (Lipinski definition) is 7. The van der Waals surface area contributed by atoms with Crippen molar-refractivity contribution >= 4 is 39.4 Å². The van der Waals surface area contributed by atoms with Gasteiger partial charge in [-0.25, -0.2) is 13.8 Å². The maximum atomic E-state index is 13.4. The molecule has 0 spiro atoms. The van der Waals surface area contributed by atoms with E-state index in [9.17, 15) is 18.0 Å². The lowest BCUT2D eigenvalue weighted by molar-refractivity contribution is -0.119. The molecule has 0 atom stereocenters. The van der Waals surface area contributed by atoms with Crippen LogP contribution in [0.5, 0.6) is 11.5 Å². The van der Waals surface area contributed by atoms with Gasteiger partial charge in [-0.05, 0) is 78.2 Å². The van der Waals surface area contributed by atoms with Crippen LogP contribution in [0, 0.1) is 0 Å². The number of aryl methyl sites for hydroxylation is 1. The molecule has 0 radical (unpaired) electrons. The molecule has 11 heteroatoms. The third-order valence-electron chi connectivity index (χ3n) is 6.28. The second-order valence-electron chi connectivity index (χ2n) is 9.24. The maximum Gasteiger partial charge on any atom is 0.264 e. The van der Waals surface area contributed by atoms with Crippen LogP contribution in [0.3, 0.4) is 0 Å². The van der Waals surface area contributed by atoms with Crippen molar-refractivity contribution < 1.29 is 27.5 Å². The van der Waals surface area contributed by atoms with Crippen LogP contribution in [0.1, 0.15) is 18.1 Å². The van der Waals surface area contributed by atoms with Crippen molar-refractivity contribution in [2.24, 2.45) is 5.10 Å². The van der Waals surface area contributed by atoms with Gasteiger partial charge in [-0.2, -0.15) is 5.10 Å². The van der Waals surface area contributed by atoms with Crippen LogP contribution >= 0.6 is 0 Å². The molecule has 4 aromatic carbocycles. The molecule has 4 aromatic rings. The van der Waals surface area contributed by atoms with Crippen molar-refractivity contribution in [2.45, 2.75) is 18.2 Å². The van der Waals surface area contributed by atoms with Crippen molar-refractivity contribution in [3.63, 3.8) is 0 Å². The fourth-order valence-electron chi connectivity index (χ4n) is 4.01. The molecular formula is C32H32N4O6S. The molecular weight excluding hydrogens is 568 g/mol. The van der Waals surface area contributed by atoms with Crippen molar-refractivity contribution in [3.8, 4) is 11.5 Å². The van der Waals surface area contributed by atoms with Gasteiger partial charge in [0, 0.05) is 0 Å². The van der Waals surface area contributed by atoms with Gasteiger partial charge in [0.1, 0.15) is 18.0 Å². The monoisotopic (exact) mass is 600 g/mol. The first-order valence-corrected chi connectivity index (χ1v) is 14.9. The number of methoxy groups -OCH3 is 1. The Hall–Kier alpha value is -5.16. The van der Waals surface area contributed by atoms with E-state index in [2.05, 4.69) is 15.8 Å². The largest absolute Gasteiger partial charge is 0.495 e. The summed E-state index contributed by atoms with van der Waals surface area (Å²) in [5.74, 6) is 0.0498. The number of carbonyl (C=O) groups is 2. The van der Waals surface area contributed by atoms with Gasteiger partial charge in [0.25, 0.3) is 21.8 Å². The van der Waals surface area contributed by atoms with E-state index in [1.54, 1.807) is 78.9 Å². The van der Waals surface area contributed by atoms with E-state index in [1.807, 2.05) is 19.1 Å². The summed E-state index contributed by atoms with van der Waals surface area (Å²) >= 11 is 0. The normalized spacial score (nSPS) is 11.1. The molecule has 43 heavy (non-hydrogen) atoms. The van der Waals surface area contributed by atoms with Gasteiger partial charge in [-0.3, -0.25) is 13.9 Å². The predicted molar refractivity (Wildman–Crippen MR) is 166 cm³/mol. The standard InChI is InChI=1S/C32H32N4O6S/c1-3-24-13-17-26(18-14-24)36(43(39,40)28-9-5-4-6-10-28)22-31(37)35-33-21-25-15-19-27(20-16-25)42-23-32(38)34-29-11-7-8-12-30(29)41-2/h4-21H,3,22-23H2,1-2H3,(H,34,38)(H,35,37)/b33-21-. The molecule has 0 aliphatic heterocycles. The number of amides is 2. The summed E-state index contributed by atoms with van der Waals surface area (Å²) in [6, 6.07) is 28.8. The van der Waals surface area contributed by atoms with Gasteiger partial charge in [0.2, 0.25) is 0 Å². The number of nitrogens with zero attached hydrogens (tertiary/aromatic N) is 2. The van der Waals surface area contributed by atoms with Crippen LogP contribution in [-0.4, -0.2) is 46.7 Å². The summed E-state index contributed by atoms with van der Waals surface area (Å²) < 4.78 is 38.7. The smallest absolute Gasteiger partial charge is 0.264 e. The van der Waals surface area contributed by atoms with E-state index >= 15 is 0 Å². The number of rotatable bonds is 13. The van der Waals surface area contributed by atoms with Gasteiger partial charge in [-0.15, -0.1) is 0 Å². The third kappa shape index (κ3) is 8.43. The molecule has 2 N–H and O–H groups in total. The third-order valence-corrected chi connectivity index (χ3v) is 8.07. The van der Waals surface area contributed by atoms with Crippen LogP contribution in [0.15, 0.2) is 113 Å². The number of ether oxygens (including phenoxy) is 2. The molecule has 0 saturated heterocycles. The maximum absolute atomic E-state index is 13.4. The number of anilines is 2. The lowest BCUT2D eigenvalue weighted by Crippen LogP contribution is -2.39. The highest BCUT2D eigenvalue weighted by Gasteiger charge is 2.27. The highest BCUT2D eigenvalue weighted by atomic mass is 32.2. The molecule has 0 bridgehead atoms. The summed E-state index contributed by atoms with van der Waals surface area (Å²) in [6.07, 6.45) is 2.22. The van der Waals surface area contributed by atoms with Gasteiger partial charge in [0.15, 0.2) is 6.61 Å². The second-order valence-corrected chi connectivity index (χ2v) is 11.1. The number of hydrazone groups is 1. The zero-order valence-corrected chi connectivity index (χ0v) is 24.6. The minimum absolute atomic E-state index is 0.0745. The Morgan fingerprint density at radius 2 is 1.53 bits per heavy atom. The van der Waals surface area contributed by atoms with E-state index in [-0.39, 0.29) is 17.4 Å². The number of nitrogens with one attached hydrogen (secondary N) is 2. The summed E-state index contributed by atoms with van der Waals surface area (Å²) in [5.41, 5.74) is 5.00. The topological polar surface area (TPSA) is 126 Å². The minimum Gasteiger partial charge on any atom is -0.495 e. The Morgan fingerprint density at radius 1 is 0.860 bits per heavy atom. The molecule has 0 saturated carbocycles. The molecule has 0 unspecified atom stereocenters. The first-order chi connectivity index (χ1) is 20.8. The van der Waals surface area contributed by atoms with Crippen LogP contribution in [-0.2, 0) is 26.0 Å². The first kappa shape index (κ1) is 30.8. The van der Waals surface area contributed by atoms with E-state index in [1.165, 1.54) is 25.5 Å². The van der Waals surface area contributed by atoms with E-state index in [0.717, 1.165) is 16.3 Å². The van der Waals surface area contributed by atoms with Crippen LogP contribution in [0.25, 0.3) is 0 Å². The second kappa shape index (κ2) is 14.6. The number of benzene rings is 4. The van der Waals surface area contributed by atoms with Gasteiger partial charge in [0.05, 0.1) is 29.6 Å². The molecule has 10 nitrogen and oxygen atoms in total. The van der Waals surface area contributed by atoms with Crippen LogP contribution in [0.4, 0.5) is 11.4 Å². The lowest BCUT2D eigenvalue weighted by Gasteiger charge is -2.24. The number of hydrogen-bond donors (Lipinski definition) is 2. The Morgan fingerprint density at radius 3 is 2.21 bits per heavy atom. The SMILES string of the molecule is CCc1ccc(N(CC(=O)N/N=C\c2ccc(OCC(=O)Nc3ccccc3OC)cc2)S(=O)(=O)c2ccccc2)cc1. The van der Waals surface area contributed by atoms with Crippen LogP contribution < -0.4 is 24.5 Å². The Kier molecular flexibility index (Phi) is 10.5. The molecule has 0 heterocycles. The van der Waals surface area contributed by atoms with Gasteiger partial charge >= 0.3 is 0 Å². The van der Waals surface area contributed by atoms with Crippen LogP contribution in [0.2, 0.25) is 0 Å². The van der Waals surface area contributed by atoms with Gasteiger partial charge in [-0.1, -0.05) is 49.4 Å². The number of para-hydroxylation sites is 2. The molecule has 222 valence electrons. The highest BCUT2D eigenvalue weighted by Crippen LogP contribution is 2.25. The molecule has 0 aliphatic rings. The van der Waals surface area contributed by atoms with Crippen molar-refractivity contribution in [1.29, 1.82) is 0 Å². The zero-order valence-electron chi connectivity index (χ0n) is 23.8. The lowest BCUT2D eigenvalue weighted by atomic mass is 10.1. The predicted octanol–water partition coefficient (Wildman–Crippen LogP) is 4.62. The van der Waals surface area contributed by atoms with E-state index in [4.69, 9.17) is 9.47 Å². The molecule has 0 fully saturated rings. The minimum atomic E-state index is -4.01. The quantitative estimate of drug-likeness (QED) is 0.170. The van der Waals surface area contributed by atoms with Gasteiger partial charge < -0.3 is 14.8 Å². The van der Waals surface area contributed by atoms with Crippen molar-refractivity contribution in [1.82, 2.24) is 5.43 Å². The zero-order chi connectivity index (χ0) is 30.7. The Balaban J connectivity index is 1.34. The highest BCUT2D eigenvalue weighted by molar-refractivity contribution is 7.92. The Labute approximate surface area is 251 Å². The Bertz CT molecular complexity index is 1660. The average molecular weight is 601 g/mol. The van der Waals surface area contributed by atoms with E-state index in [0.29, 0.717) is 28.4 Å². The average Bonchev–Trinajstić information content (AvgIpc) is 3.04. The molecule has 0 aromatic heterocycles. The molecule has 0 aliphatic carbocycles. The van der Waals surface area contributed by atoms with Crippen molar-refractivity contribution in [2.75, 3.05) is 29.9 Å². The molecule has 4 rings (SSSR count).